The van der Waals surface area contributed by atoms with Gasteiger partial charge in [-0.25, -0.2) is 4.79 Å². The predicted molar refractivity (Wildman–Crippen MR) is 100 cm³/mol. The Hall–Kier alpha value is -2.76. The fourth-order valence-corrected chi connectivity index (χ4v) is 2.60. The molecule has 2 rings (SSSR count). The van der Waals surface area contributed by atoms with E-state index < -0.39 is 0 Å². The van der Waals surface area contributed by atoms with Gasteiger partial charge in [0.15, 0.2) is 0 Å². The summed E-state index contributed by atoms with van der Waals surface area (Å²) in [4.78, 5) is 30.1. The summed E-state index contributed by atoms with van der Waals surface area (Å²) in [6.07, 6.45) is 1.59. The average molecular weight is 357 g/mol. The van der Waals surface area contributed by atoms with E-state index in [1.165, 1.54) is 4.90 Å². The third-order valence-electron chi connectivity index (χ3n) is 4.05. The van der Waals surface area contributed by atoms with Crippen LogP contribution in [0, 0.1) is 0 Å². The van der Waals surface area contributed by atoms with Crippen molar-refractivity contribution >= 4 is 11.9 Å². The molecule has 0 aliphatic heterocycles. The first-order chi connectivity index (χ1) is 12.4. The lowest BCUT2D eigenvalue weighted by atomic mass is 10.2. The minimum Gasteiger partial charge on any atom is -0.467 e. The molecule has 0 aliphatic carbocycles. The summed E-state index contributed by atoms with van der Waals surface area (Å²) in [5, 5.41) is 0. The third-order valence-corrected chi connectivity index (χ3v) is 4.05. The maximum Gasteiger partial charge on any atom is 0.320 e. The van der Waals surface area contributed by atoms with E-state index in [4.69, 9.17) is 4.42 Å². The zero-order valence-corrected chi connectivity index (χ0v) is 15.9. The molecule has 0 aliphatic rings. The monoisotopic (exact) mass is 357 g/mol. The van der Waals surface area contributed by atoms with Gasteiger partial charge in [-0.05, 0) is 31.5 Å². The van der Waals surface area contributed by atoms with E-state index in [-0.39, 0.29) is 24.5 Å². The summed E-state index contributed by atoms with van der Waals surface area (Å²) >= 11 is 0. The standard InChI is InChI=1S/C20H27N3O3/c1-16(2)23(20(25)21(3)4)15-19(24)22(14-18-11-8-12-26-18)13-17-9-6-5-7-10-17/h5-12,16H,13-15H2,1-4H3. The SMILES string of the molecule is CC(C)N(CC(=O)N(Cc1ccccc1)Cc1ccco1)C(=O)N(C)C. The minimum absolute atomic E-state index is 0.0300. The highest BCUT2D eigenvalue weighted by Gasteiger charge is 2.25. The molecule has 0 atom stereocenters. The zero-order chi connectivity index (χ0) is 19.1. The van der Waals surface area contributed by atoms with Gasteiger partial charge in [0.05, 0.1) is 12.8 Å². The number of carbonyl (C=O) groups is 2. The van der Waals surface area contributed by atoms with Gasteiger partial charge in [0.1, 0.15) is 12.3 Å². The molecule has 0 saturated heterocycles. The van der Waals surface area contributed by atoms with Crippen LogP contribution in [0.2, 0.25) is 0 Å². The predicted octanol–water partition coefficient (Wildman–Crippen LogP) is 3.20. The van der Waals surface area contributed by atoms with Crippen LogP contribution >= 0.6 is 0 Å². The van der Waals surface area contributed by atoms with Gasteiger partial charge in [0.2, 0.25) is 5.91 Å². The minimum atomic E-state index is -0.175. The number of urea groups is 1. The normalized spacial score (nSPS) is 10.7. The molecule has 26 heavy (non-hydrogen) atoms. The van der Waals surface area contributed by atoms with Crippen LogP contribution < -0.4 is 0 Å². The molecule has 2 aromatic rings. The van der Waals surface area contributed by atoms with Crippen molar-refractivity contribution in [2.24, 2.45) is 0 Å². The van der Waals surface area contributed by atoms with Crippen LogP contribution in [0.25, 0.3) is 0 Å². The lowest BCUT2D eigenvalue weighted by Crippen LogP contribution is -2.49. The topological polar surface area (TPSA) is 57.0 Å². The highest BCUT2D eigenvalue weighted by atomic mass is 16.3. The Morgan fingerprint density at radius 2 is 1.69 bits per heavy atom. The molecule has 0 radical (unpaired) electrons. The average Bonchev–Trinajstić information content (AvgIpc) is 3.12. The van der Waals surface area contributed by atoms with Gasteiger partial charge in [-0.2, -0.15) is 0 Å². The smallest absolute Gasteiger partial charge is 0.320 e. The van der Waals surface area contributed by atoms with Gasteiger partial charge in [0, 0.05) is 26.7 Å². The Balaban J connectivity index is 2.16. The van der Waals surface area contributed by atoms with E-state index >= 15 is 0 Å². The molecular formula is C20H27N3O3. The molecule has 140 valence electrons. The van der Waals surface area contributed by atoms with Crippen molar-refractivity contribution in [3.05, 3.63) is 60.1 Å². The van der Waals surface area contributed by atoms with Crippen LogP contribution in [-0.4, -0.2) is 53.3 Å². The molecule has 6 heteroatoms. The molecule has 0 saturated carbocycles. The summed E-state index contributed by atoms with van der Waals surface area (Å²) in [7, 11) is 3.37. The molecular weight excluding hydrogens is 330 g/mol. The van der Waals surface area contributed by atoms with E-state index in [1.54, 1.807) is 36.2 Å². The van der Waals surface area contributed by atoms with E-state index in [2.05, 4.69) is 0 Å². The highest BCUT2D eigenvalue weighted by molar-refractivity contribution is 5.84. The fraction of sp³-hybridized carbons (Fsp3) is 0.400. The Bertz CT molecular complexity index is 696. The van der Waals surface area contributed by atoms with Crippen LogP contribution in [0.3, 0.4) is 0 Å². The lowest BCUT2D eigenvalue weighted by Gasteiger charge is -2.31. The number of amides is 3. The summed E-state index contributed by atoms with van der Waals surface area (Å²) in [5.41, 5.74) is 1.03. The van der Waals surface area contributed by atoms with Crippen molar-refractivity contribution in [1.29, 1.82) is 0 Å². The van der Waals surface area contributed by atoms with E-state index in [0.29, 0.717) is 18.8 Å². The van der Waals surface area contributed by atoms with E-state index in [0.717, 1.165) is 5.56 Å². The van der Waals surface area contributed by atoms with Crippen LogP contribution in [0.1, 0.15) is 25.2 Å². The fourth-order valence-electron chi connectivity index (χ4n) is 2.60. The molecule has 0 unspecified atom stereocenters. The highest BCUT2D eigenvalue weighted by Crippen LogP contribution is 2.13. The first-order valence-electron chi connectivity index (χ1n) is 8.70. The number of hydrogen-bond acceptors (Lipinski definition) is 3. The molecule has 0 fully saturated rings. The summed E-state index contributed by atoms with van der Waals surface area (Å²) in [6.45, 7) is 4.67. The first kappa shape index (κ1) is 19.6. The molecule has 1 heterocycles. The Kier molecular flexibility index (Phi) is 6.83. The van der Waals surface area contributed by atoms with E-state index in [9.17, 15) is 9.59 Å². The molecule has 6 nitrogen and oxygen atoms in total. The molecule has 0 bridgehead atoms. The number of rotatable bonds is 7. The summed E-state index contributed by atoms with van der Waals surface area (Å²) in [5.74, 6) is 0.596. The molecule has 3 amide bonds. The maximum absolute atomic E-state index is 13.0. The molecule has 1 aromatic heterocycles. The number of hydrogen-bond donors (Lipinski definition) is 0. The Labute approximate surface area is 155 Å². The number of nitrogens with zero attached hydrogens (tertiary/aromatic N) is 3. The van der Waals surface area contributed by atoms with Crippen molar-refractivity contribution < 1.29 is 14.0 Å². The van der Waals surface area contributed by atoms with Crippen LogP contribution in [0.5, 0.6) is 0 Å². The van der Waals surface area contributed by atoms with Gasteiger partial charge >= 0.3 is 6.03 Å². The summed E-state index contributed by atoms with van der Waals surface area (Å²) < 4.78 is 5.41. The van der Waals surface area contributed by atoms with Crippen molar-refractivity contribution in [2.45, 2.75) is 33.0 Å². The van der Waals surface area contributed by atoms with Crippen LogP contribution in [-0.2, 0) is 17.9 Å². The van der Waals surface area contributed by atoms with E-state index in [1.807, 2.05) is 50.2 Å². The zero-order valence-electron chi connectivity index (χ0n) is 15.9. The number of carbonyl (C=O) groups excluding carboxylic acids is 2. The maximum atomic E-state index is 13.0. The number of furan rings is 1. The van der Waals surface area contributed by atoms with Crippen molar-refractivity contribution in [3.8, 4) is 0 Å². The van der Waals surface area contributed by atoms with Crippen LogP contribution in [0.4, 0.5) is 4.79 Å². The molecule has 1 aromatic carbocycles. The van der Waals surface area contributed by atoms with Crippen molar-refractivity contribution in [3.63, 3.8) is 0 Å². The van der Waals surface area contributed by atoms with Crippen molar-refractivity contribution in [2.75, 3.05) is 20.6 Å². The lowest BCUT2D eigenvalue weighted by molar-refractivity contribution is -0.133. The van der Waals surface area contributed by atoms with Crippen molar-refractivity contribution in [1.82, 2.24) is 14.7 Å². The van der Waals surface area contributed by atoms with Gasteiger partial charge < -0.3 is 19.1 Å². The Morgan fingerprint density at radius 1 is 1.00 bits per heavy atom. The number of benzene rings is 1. The third kappa shape index (κ3) is 5.37. The first-order valence-corrected chi connectivity index (χ1v) is 8.70. The van der Waals surface area contributed by atoms with Crippen LogP contribution in [0.15, 0.2) is 53.1 Å². The quantitative estimate of drug-likeness (QED) is 0.765. The van der Waals surface area contributed by atoms with Gasteiger partial charge in [-0.15, -0.1) is 0 Å². The molecule has 0 N–H and O–H groups in total. The summed E-state index contributed by atoms with van der Waals surface area (Å²) in [6, 6.07) is 13.2. The van der Waals surface area contributed by atoms with Gasteiger partial charge in [-0.3, -0.25) is 4.79 Å². The second kappa shape index (κ2) is 9.08. The second-order valence-corrected chi connectivity index (χ2v) is 6.71. The second-order valence-electron chi connectivity index (χ2n) is 6.71. The Morgan fingerprint density at radius 3 is 2.23 bits per heavy atom. The van der Waals surface area contributed by atoms with Gasteiger partial charge in [0.25, 0.3) is 0 Å². The largest absolute Gasteiger partial charge is 0.467 e. The van der Waals surface area contributed by atoms with Gasteiger partial charge in [-0.1, -0.05) is 30.3 Å². The molecule has 0 spiro atoms.